The fourth-order valence-electron chi connectivity index (χ4n) is 2.59. The highest BCUT2D eigenvalue weighted by molar-refractivity contribution is 9.10. The van der Waals surface area contributed by atoms with Crippen molar-refractivity contribution >= 4 is 33.4 Å². The molecule has 0 spiro atoms. The van der Waals surface area contributed by atoms with Crippen LogP contribution < -0.4 is 5.32 Å². The van der Waals surface area contributed by atoms with Gasteiger partial charge in [0.15, 0.2) is 0 Å². The second kappa shape index (κ2) is 6.27. The van der Waals surface area contributed by atoms with Crippen LogP contribution in [0.1, 0.15) is 49.9 Å². The number of carbonyl (C=O) groups is 1. The highest BCUT2D eigenvalue weighted by atomic mass is 79.9. The molecule has 0 aliphatic heterocycles. The molecular weight excluding hydrogens is 354 g/mol. The summed E-state index contributed by atoms with van der Waals surface area (Å²) < 4.78 is 0.690. The van der Waals surface area contributed by atoms with Gasteiger partial charge >= 0.3 is 0 Å². The van der Waals surface area contributed by atoms with E-state index >= 15 is 0 Å². The van der Waals surface area contributed by atoms with Crippen LogP contribution in [-0.2, 0) is 0 Å². The maximum atomic E-state index is 12.2. The Hall–Kier alpha value is -0.580. The summed E-state index contributed by atoms with van der Waals surface area (Å²) in [6.07, 6.45) is 3.37. The van der Waals surface area contributed by atoms with Crippen LogP contribution in [0, 0.1) is 5.41 Å². The van der Waals surface area contributed by atoms with Crippen LogP contribution in [0.2, 0.25) is 5.02 Å². The van der Waals surface area contributed by atoms with Crippen LogP contribution >= 0.6 is 27.5 Å². The highest BCUT2D eigenvalue weighted by Crippen LogP contribution is 2.39. The monoisotopic (exact) mass is 373 g/mol. The minimum Gasteiger partial charge on any atom is -0.388 e. The van der Waals surface area contributed by atoms with Crippen molar-refractivity contribution in [3.8, 4) is 0 Å². The van der Waals surface area contributed by atoms with Crippen LogP contribution in [-0.4, -0.2) is 23.2 Å². The van der Waals surface area contributed by atoms with Gasteiger partial charge in [0.1, 0.15) is 0 Å². The molecule has 1 aromatic rings. The molecule has 2 rings (SSSR count). The fraction of sp³-hybridized carbons (Fsp3) is 0.562. The van der Waals surface area contributed by atoms with Crippen molar-refractivity contribution in [1.29, 1.82) is 0 Å². The number of halogens is 2. The van der Waals surface area contributed by atoms with Gasteiger partial charge in [-0.15, -0.1) is 0 Å². The van der Waals surface area contributed by atoms with Crippen molar-refractivity contribution in [3.05, 3.63) is 33.3 Å². The zero-order chi connectivity index (χ0) is 15.7. The molecule has 0 atom stereocenters. The maximum absolute atomic E-state index is 12.2. The summed E-state index contributed by atoms with van der Waals surface area (Å²) >= 11 is 9.42. The molecule has 1 aliphatic carbocycles. The maximum Gasteiger partial charge on any atom is 0.252 e. The van der Waals surface area contributed by atoms with Crippen LogP contribution in [0.15, 0.2) is 22.7 Å². The summed E-state index contributed by atoms with van der Waals surface area (Å²) in [5.74, 6) is -0.250. The Morgan fingerprint density at radius 1 is 1.33 bits per heavy atom. The molecule has 0 radical (unpaired) electrons. The van der Waals surface area contributed by atoms with E-state index < -0.39 is 5.60 Å². The molecule has 3 nitrogen and oxygen atoms in total. The van der Waals surface area contributed by atoms with E-state index in [0.717, 1.165) is 12.8 Å². The topological polar surface area (TPSA) is 49.3 Å². The van der Waals surface area contributed by atoms with Gasteiger partial charge in [0, 0.05) is 11.0 Å². The van der Waals surface area contributed by atoms with Crippen molar-refractivity contribution in [3.63, 3.8) is 0 Å². The molecule has 0 heterocycles. The highest BCUT2D eigenvalue weighted by Gasteiger charge is 2.36. The Kier molecular flexibility index (Phi) is 5.01. The lowest BCUT2D eigenvalue weighted by Gasteiger charge is -2.40. The van der Waals surface area contributed by atoms with Crippen molar-refractivity contribution in [2.45, 2.75) is 45.1 Å². The summed E-state index contributed by atoms with van der Waals surface area (Å²) in [6.45, 7) is 4.70. The summed E-state index contributed by atoms with van der Waals surface area (Å²) in [7, 11) is 0. The minimum atomic E-state index is -0.802. The lowest BCUT2D eigenvalue weighted by molar-refractivity contribution is -0.0233. The molecule has 1 aliphatic rings. The molecule has 0 bridgehead atoms. The van der Waals surface area contributed by atoms with Gasteiger partial charge in [-0.25, -0.2) is 0 Å². The van der Waals surface area contributed by atoms with Gasteiger partial charge in [-0.3, -0.25) is 4.79 Å². The third-order valence-electron chi connectivity index (χ3n) is 4.31. The molecule has 116 valence electrons. The number of aliphatic hydroxyl groups is 1. The molecule has 0 unspecified atom stereocenters. The van der Waals surface area contributed by atoms with Crippen molar-refractivity contribution in [2.75, 3.05) is 6.54 Å². The number of amides is 1. The molecule has 1 saturated carbocycles. The van der Waals surface area contributed by atoms with E-state index in [-0.39, 0.29) is 17.9 Å². The molecule has 1 fully saturated rings. The second-order valence-electron chi connectivity index (χ2n) is 6.67. The van der Waals surface area contributed by atoms with Gasteiger partial charge in [-0.2, -0.15) is 0 Å². The molecular formula is C16H21BrClNO2. The summed E-state index contributed by atoms with van der Waals surface area (Å²) in [5, 5.41) is 13.8. The summed E-state index contributed by atoms with van der Waals surface area (Å²) in [4.78, 5) is 12.2. The molecule has 1 aromatic carbocycles. The molecule has 0 aromatic heterocycles. The number of carbonyl (C=O) groups excluding carboxylic acids is 1. The first kappa shape index (κ1) is 16.8. The normalized spacial score (nSPS) is 20.0. The summed E-state index contributed by atoms with van der Waals surface area (Å²) in [5.41, 5.74) is -0.0983. The van der Waals surface area contributed by atoms with Crippen LogP contribution in [0.5, 0.6) is 0 Å². The lowest BCUT2D eigenvalue weighted by Crippen LogP contribution is -2.46. The Bertz CT molecular complexity index is 535. The smallest absolute Gasteiger partial charge is 0.252 e. The zero-order valence-electron chi connectivity index (χ0n) is 12.4. The van der Waals surface area contributed by atoms with E-state index in [1.807, 2.05) is 0 Å². The third-order valence-corrected chi connectivity index (χ3v) is 5.60. The average molecular weight is 375 g/mol. The number of hydrogen-bond acceptors (Lipinski definition) is 2. The number of rotatable bonds is 3. The van der Waals surface area contributed by atoms with Crippen LogP contribution in [0.4, 0.5) is 0 Å². The Morgan fingerprint density at radius 2 is 1.95 bits per heavy atom. The standard InChI is InChI=1S/C16H21BrClNO2/c1-15(2)6-8-16(21,9-7-15)10-19-14(20)11-4-3-5-12(17)13(11)18/h3-5,21H,6-10H2,1-2H3,(H,19,20). The van der Waals surface area contributed by atoms with Crippen LogP contribution in [0.25, 0.3) is 0 Å². The number of benzene rings is 1. The molecule has 21 heavy (non-hydrogen) atoms. The zero-order valence-corrected chi connectivity index (χ0v) is 14.7. The van der Waals surface area contributed by atoms with Gasteiger partial charge in [0.2, 0.25) is 0 Å². The Balaban J connectivity index is 1.97. The number of nitrogens with one attached hydrogen (secondary N) is 1. The molecule has 1 amide bonds. The second-order valence-corrected chi connectivity index (χ2v) is 7.90. The molecule has 0 saturated heterocycles. The first-order chi connectivity index (χ1) is 9.72. The van der Waals surface area contributed by atoms with E-state index in [1.54, 1.807) is 18.2 Å². The van der Waals surface area contributed by atoms with Gasteiger partial charge < -0.3 is 10.4 Å². The molecule has 2 N–H and O–H groups in total. The van der Waals surface area contributed by atoms with E-state index in [2.05, 4.69) is 35.1 Å². The quantitative estimate of drug-likeness (QED) is 0.834. The molecule has 5 heteroatoms. The van der Waals surface area contributed by atoms with Gasteiger partial charge in [0.05, 0.1) is 16.2 Å². The predicted molar refractivity (Wildman–Crippen MR) is 88.7 cm³/mol. The van der Waals surface area contributed by atoms with E-state index in [0.29, 0.717) is 27.9 Å². The van der Waals surface area contributed by atoms with Gasteiger partial charge in [-0.1, -0.05) is 31.5 Å². The van der Waals surface area contributed by atoms with Crippen molar-refractivity contribution in [1.82, 2.24) is 5.32 Å². The van der Waals surface area contributed by atoms with E-state index in [9.17, 15) is 9.90 Å². The van der Waals surface area contributed by atoms with Crippen molar-refractivity contribution < 1.29 is 9.90 Å². The predicted octanol–water partition coefficient (Wildman–Crippen LogP) is 4.16. The Morgan fingerprint density at radius 3 is 2.57 bits per heavy atom. The minimum absolute atomic E-state index is 0.250. The lowest BCUT2D eigenvalue weighted by atomic mass is 9.71. The largest absolute Gasteiger partial charge is 0.388 e. The first-order valence-corrected chi connectivity index (χ1v) is 8.34. The number of hydrogen-bond donors (Lipinski definition) is 2. The SMILES string of the molecule is CC1(C)CCC(O)(CNC(=O)c2cccc(Br)c2Cl)CC1. The third kappa shape index (κ3) is 4.21. The van der Waals surface area contributed by atoms with Gasteiger partial charge in [-0.05, 0) is 59.2 Å². The Labute approximate surface area is 139 Å². The fourth-order valence-corrected chi connectivity index (χ4v) is 3.17. The average Bonchev–Trinajstić information content (AvgIpc) is 2.43. The van der Waals surface area contributed by atoms with E-state index in [4.69, 9.17) is 11.6 Å². The summed E-state index contributed by atoms with van der Waals surface area (Å²) in [6, 6.07) is 5.23. The van der Waals surface area contributed by atoms with E-state index in [1.165, 1.54) is 0 Å². The van der Waals surface area contributed by atoms with Crippen molar-refractivity contribution in [2.24, 2.45) is 5.41 Å². The van der Waals surface area contributed by atoms with Crippen LogP contribution in [0.3, 0.4) is 0 Å². The first-order valence-electron chi connectivity index (χ1n) is 7.17. The van der Waals surface area contributed by atoms with Gasteiger partial charge in [0.25, 0.3) is 5.91 Å².